The average molecular weight is 433 g/mol. The van der Waals surface area contributed by atoms with E-state index in [0.29, 0.717) is 27.4 Å². The highest BCUT2D eigenvalue weighted by Gasteiger charge is 2.23. The first-order valence-electron chi connectivity index (χ1n) is 8.65. The summed E-state index contributed by atoms with van der Waals surface area (Å²) in [5.41, 5.74) is 0.479. The molecule has 0 aliphatic carbocycles. The third-order valence-electron chi connectivity index (χ3n) is 3.24. The Morgan fingerprint density at radius 2 is 1.78 bits per heavy atom. The van der Waals surface area contributed by atoms with Crippen LogP contribution in [0.25, 0.3) is 0 Å². The van der Waals surface area contributed by atoms with Gasteiger partial charge in [-0.1, -0.05) is 62.2 Å². The van der Waals surface area contributed by atoms with Crippen molar-refractivity contribution >= 4 is 57.9 Å². The maximum absolute atomic E-state index is 12.9. The van der Waals surface area contributed by atoms with E-state index in [4.69, 9.17) is 23.2 Å². The van der Waals surface area contributed by atoms with Gasteiger partial charge in [-0.05, 0) is 24.6 Å². The SMILES string of the molecule is CCCCN(C(=O)Nc1cc(Cl)cc(Cl)c1)C(=NC(=O)N(C)C)SC(C)C. The molecule has 6 nitrogen and oxygen atoms in total. The number of halogens is 2. The van der Waals surface area contributed by atoms with E-state index in [9.17, 15) is 9.59 Å². The van der Waals surface area contributed by atoms with Gasteiger partial charge in [0.05, 0.1) is 0 Å². The topological polar surface area (TPSA) is 65.0 Å². The van der Waals surface area contributed by atoms with Crippen molar-refractivity contribution in [3.63, 3.8) is 0 Å². The Bertz CT molecular complexity index is 676. The fourth-order valence-electron chi connectivity index (χ4n) is 1.96. The highest BCUT2D eigenvalue weighted by atomic mass is 35.5. The molecule has 1 aromatic carbocycles. The lowest BCUT2D eigenvalue weighted by atomic mass is 10.3. The van der Waals surface area contributed by atoms with Gasteiger partial charge in [0.15, 0.2) is 5.17 Å². The largest absolute Gasteiger partial charge is 0.345 e. The maximum Gasteiger partial charge on any atom is 0.345 e. The number of rotatable bonds is 5. The van der Waals surface area contributed by atoms with E-state index in [2.05, 4.69) is 10.3 Å². The van der Waals surface area contributed by atoms with Crippen LogP contribution in [-0.4, -0.2) is 52.9 Å². The number of nitrogens with zero attached hydrogens (tertiary/aromatic N) is 3. The number of benzene rings is 1. The number of carbonyl (C=O) groups is 2. The van der Waals surface area contributed by atoms with Gasteiger partial charge in [0.1, 0.15) is 0 Å². The molecule has 0 aliphatic heterocycles. The quantitative estimate of drug-likeness (QED) is 0.471. The van der Waals surface area contributed by atoms with Crippen LogP contribution in [0.2, 0.25) is 10.0 Å². The van der Waals surface area contributed by atoms with E-state index in [1.165, 1.54) is 21.6 Å². The van der Waals surface area contributed by atoms with Crippen LogP contribution in [0, 0.1) is 0 Å². The van der Waals surface area contributed by atoms with E-state index < -0.39 is 6.03 Å². The summed E-state index contributed by atoms with van der Waals surface area (Å²) < 4.78 is 0. The van der Waals surface area contributed by atoms with Crippen LogP contribution in [0.15, 0.2) is 23.2 Å². The molecule has 27 heavy (non-hydrogen) atoms. The Labute approximate surface area is 175 Å². The van der Waals surface area contributed by atoms with Crippen molar-refractivity contribution in [1.82, 2.24) is 9.80 Å². The Balaban J connectivity index is 3.17. The van der Waals surface area contributed by atoms with Crippen LogP contribution in [0.1, 0.15) is 33.6 Å². The lowest BCUT2D eigenvalue weighted by Crippen LogP contribution is -2.40. The fourth-order valence-corrected chi connectivity index (χ4v) is 3.34. The second-order valence-corrected chi connectivity index (χ2v) is 8.75. The molecule has 0 saturated heterocycles. The van der Waals surface area contributed by atoms with Gasteiger partial charge in [-0.15, -0.1) is 0 Å². The molecule has 0 aliphatic rings. The molecule has 0 saturated carbocycles. The summed E-state index contributed by atoms with van der Waals surface area (Å²) in [6.45, 7) is 6.43. The number of amidine groups is 1. The number of hydrogen-bond donors (Lipinski definition) is 1. The number of nitrogens with one attached hydrogen (secondary N) is 1. The minimum Gasteiger partial charge on any atom is -0.329 e. The second kappa shape index (κ2) is 11.4. The van der Waals surface area contributed by atoms with Crippen LogP contribution in [-0.2, 0) is 0 Å². The number of aliphatic imine (C=N–C) groups is 1. The van der Waals surface area contributed by atoms with Crippen LogP contribution < -0.4 is 5.32 Å². The standard InChI is InChI=1S/C18H26Cl2N4O2S/c1-6-7-8-24(18(27-12(2)3)22-16(25)23(4)5)17(26)21-15-10-13(19)9-14(20)11-15/h9-12H,6-8H2,1-5H3,(H,21,26). The predicted octanol–water partition coefficient (Wildman–Crippen LogP) is 5.81. The molecule has 150 valence electrons. The second-order valence-electron chi connectivity index (χ2n) is 6.33. The van der Waals surface area contributed by atoms with Gasteiger partial charge >= 0.3 is 12.1 Å². The zero-order valence-electron chi connectivity index (χ0n) is 16.3. The summed E-state index contributed by atoms with van der Waals surface area (Å²) in [7, 11) is 3.24. The van der Waals surface area contributed by atoms with Crippen LogP contribution in [0.3, 0.4) is 0 Å². The third kappa shape index (κ3) is 8.41. The van der Waals surface area contributed by atoms with Gasteiger partial charge in [0, 0.05) is 41.6 Å². The van der Waals surface area contributed by atoms with Gasteiger partial charge < -0.3 is 10.2 Å². The third-order valence-corrected chi connectivity index (χ3v) is 4.67. The Hall–Kier alpha value is -1.44. The van der Waals surface area contributed by atoms with Crippen molar-refractivity contribution in [3.05, 3.63) is 28.2 Å². The van der Waals surface area contributed by atoms with E-state index in [1.54, 1.807) is 32.3 Å². The smallest absolute Gasteiger partial charge is 0.329 e. The normalized spacial score (nSPS) is 11.5. The Kier molecular flexibility index (Phi) is 9.98. The Morgan fingerprint density at radius 1 is 1.19 bits per heavy atom. The molecule has 0 heterocycles. The molecule has 0 aromatic heterocycles. The predicted molar refractivity (Wildman–Crippen MR) is 116 cm³/mol. The number of hydrogen-bond acceptors (Lipinski definition) is 3. The molecule has 1 rings (SSSR count). The highest BCUT2D eigenvalue weighted by molar-refractivity contribution is 8.14. The van der Waals surface area contributed by atoms with E-state index in [-0.39, 0.29) is 11.3 Å². The van der Waals surface area contributed by atoms with Gasteiger partial charge in [-0.25, -0.2) is 9.59 Å². The Morgan fingerprint density at radius 3 is 2.26 bits per heavy atom. The summed E-state index contributed by atoms with van der Waals surface area (Å²) in [6.07, 6.45) is 1.67. The van der Waals surface area contributed by atoms with Crippen LogP contribution >= 0.6 is 35.0 Å². The van der Waals surface area contributed by atoms with Gasteiger partial charge in [0.25, 0.3) is 0 Å². The average Bonchev–Trinajstić information content (AvgIpc) is 2.53. The molecule has 4 amide bonds. The summed E-state index contributed by atoms with van der Waals surface area (Å²) >= 11 is 13.4. The minimum atomic E-state index is -0.418. The lowest BCUT2D eigenvalue weighted by molar-refractivity contribution is 0.226. The summed E-state index contributed by atoms with van der Waals surface area (Å²) in [4.78, 5) is 32.0. The number of urea groups is 2. The van der Waals surface area contributed by atoms with E-state index in [0.717, 1.165) is 12.8 Å². The molecule has 0 fully saturated rings. The van der Waals surface area contributed by atoms with E-state index in [1.807, 2.05) is 20.8 Å². The first-order valence-corrected chi connectivity index (χ1v) is 10.3. The van der Waals surface area contributed by atoms with Gasteiger partial charge in [0.2, 0.25) is 0 Å². The molecule has 0 atom stereocenters. The summed E-state index contributed by atoms with van der Waals surface area (Å²) in [6, 6.07) is 4.00. The first kappa shape index (κ1) is 23.6. The summed E-state index contributed by atoms with van der Waals surface area (Å²) in [5.74, 6) is 0. The monoisotopic (exact) mass is 432 g/mol. The number of unbranched alkanes of at least 4 members (excludes halogenated alkanes) is 1. The van der Waals surface area contributed by atoms with Gasteiger partial charge in [-0.2, -0.15) is 4.99 Å². The van der Waals surface area contributed by atoms with Crippen LogP contribution in [0.5, 0.6) is 0 Å². The molecule has 0 spiro atoms. The molecule has 1 aromatic rings. The van der Waals surface area contributed by atoms with Gasteiger partial charge in [-0.3, -0.25) is 4.90 Å². The number of thioether (sulfide) groups is 1. The molecule has 0 bridgehead atoms. The first-order chi connectivity index (χ1) is 12.6. The van der Waals surface area contributed by atoms with Crippen LogP contribution in [0.4, 0.5) is 15.3 Å². The maximum atomic E-state index is 12.9. The number of anilines is 1. The molecule has 0 unspecified atom stereocenters. The zero-order chi connectivity index (χ0) is 20.6. The molecule has 9 heteroatoms. The molecule has 1 N–H and O–H groups in total. The summed E-state index contributed by atoms with van der Waals surface area (Å²) in [5, 5.41) is 4.15. The number of carbonyl (C=O) groups excluding carboxylic acids is 2. The van der Waals surface area contributed by atoms with Crippen molar-refractivity contribution in [3.8, 4) is 0 Å². The van der Waals surface area contributed by atoms with Crippen molar-refractivity contribution in [2.24, 2.45) is 4.99 Å². The van der Waals surface area contributed by atoms with Crippen molar-refractivity contribution in [2.75, 3.05) is 26.0 Å². The van der Waals surface area contributed by atoms with Crippen molar-refractivity contribution in [2.45, 2.75) is 38.9 Å². The molecular formula is C18H26Cl2N4O2S. The fraction of sp³-hybridized carbons (Fsp3) is 0.500. The van der Waals surface area contributed by atoms with Crippen molar-refractivity contribution in [1.29, 1.82) is 0 Å². The van der Waals surface area contributed by atoms with E-state index >= 15 is 0 Å². The molecule has 0 radical (unpaired) electrons. The van der Waals surface area contributed by atoms with Crippen molar-refractivity contribution < 1.29 is 9.59 Å². The molecular weight excluding hydrogens is 407 g/mol. The zero-order valence-corrected chi connectivity index (χ0v) is 18.6. The number of amides is 4. The minimum absolute atomic E-state index is 0.149. The lowest BCUT2D eigenvalue weighted by Gasteiger charge is -2.25. The highest BCUT2D eigenvalue weighted by Crippen LogP contribution is 2.24.